The topological polar surface area (TPSA) is 97.2 Å². The number of hydrazine groups is 1. The lowest BCUT2D eigenvalue weighted by atomic mass is 10.1. The van der Waals surface area contributed by atoms with Crippen molar-refractivity contribution in [3.63, 3.8) is 0 Å². The van der Waals surface area contributed by atoms with E-state index in [1.165, 1.54) is 5.12 Å². The van der Waals surface area contributed by atoms with Gasteiger partial charge in [-0.3, -0.25) is 9.69 Å². The molecule has 1 aromatic carbocycles. The Hall–Kier alpha value is -3.01. The number of ether oxygens (including phenoxy) is 1. The molecule has 1 aliphatic heterocycles. The molecule has 0 aliphatic carbocycles. The van der Waals surface area contributed by atoms with E-state index >= 15 is 0 Å². The van der Waals surface area contributed by atoms with Gasteiger partial charge in [-0.05, 0) is 41.0 Å². The summed E-state index contributed by atoms with van der Waals surface area (Å²) in [6.45, 7) is 4.10. The summed E-state index contributed by atoms with van der Waals surface area (Å²) in [5.41, 5.74) is 12.9. The third kappa shape index (κ3) is 6.49. The molecule has 1 aromatic heterocycles. The van der Waals surface area contributed by atoms with E-state index in [0.29, 0.717) is 30.5 Å². The molecule has 0 atom stereocenters. The molecule has 32 heavy (non-hydrogen) atoms. The average Bonchev–Trinajstić information content (AvgIpc) is 2.82. The Kier molecular flexibility index (Phi) is 8.55. The Morgan fingerprint density at radius 3 is 2.78 bits per heavy atom. The predicted molar refractivity (Wildman–Crippen MR) is 123 cm³/mol. The van der Waals surface area contributed by atoms with Crippen LogP contribution in [0.2, 0.25) is 5.02 Å². The maximum absolute atomic E-state index is 12.7. The zero-order chi connectivity index (χ0) is 22.9. The summed E-state index contributed by atoms with van der Waals surface area (Å²) >= 11 is 6.13. The number of nitrogens with zero attached hydrogens (tertiary/aromatic N) is 5. The first-order valence-corrected chi connectivity index (χ1v) is 10.7. The third-order valence-corrected chi connectivity index (χ3v) is 5.54. The van der Waals surface area contributed by atoms with E-state index in [0.717, 1.165) is 36.3 Å². The number of aromatic nitrogens is 1. The van der Waals surface area contributed by atoms with Gasteiger partial charge in [0.15, 0.2) is 0 Å². The van der Waals surface area contributed by atoms with Crippen LogP contribution in [-0.4, -0.2) is 66.1 Å². The minimum atomic E-state index is -0.0215. The number of halogens is 1. The molecule has 0 bridgehead atoms. The number of amides is 1. The highest BCUT2D eigenvalue weighted by molar-refractivity contribution is 6.30. The molecule has 0 unspecified atom stereocenters. The summed E-state index contributed by atoms with van der Waals surface area (Å²) in [5.74, 6) is 0.587. The van der Waals surface area contributed by atoms with Crippen molar-refractivity contribution in [1.82, 2.24) is 25.3 Å². The van der Waals surface area contributed by atoms with Crippen molar-refractivity contribution < 1.29 is 9.53 Å². The van der Waals surface area contributed by atoms with Crippen molar-refractivity contribution in [2.24, 2.45) is 5.22 Å². The maximum Gasteiger partial charge on any atom is 0.246 e. The van der Waals surface area contributed by atoms with Gasteiger partial charge in [0, 0.05) is 63.1 Å². The minimum absolute atomic E-state index is 0.0215. The summed E-state index contributed by atoms with van der Waals surface area (Å²) in [6.07, 6.45) is 5.14. The summed E-state index contributed by atoms with van der Waals surface area (Å²) in [5, 5.41) is 5.37. The van der Waals surface area contributed by atoms with E-state index in [9.17, 15) is 4.79 Å². The van der Waals surface area contributed by atoms with E-state index in [2.05, 4.69) is 20.5 Å². The van der Waals surface area contributed by atoms with Crippen LogP contribution in [0.3, 0.4) is 0 Å². The lowest BCUT2D eigenvalue weighted by Crippen LogP contribution is -2.47. The van der Waals surface area contributed by atoms with Crippen LogP contribution in [-0.2, 0) is 17.9 Å². The van der Waals surface area contributed by atoms with Crippen molar-refractivity contribution in [1.29, 1.82) is 5.53 Å². The van der Waals surface area contributed by atoms with Crippen molar-refractivity contribution >= 4 is 23.6 Å². The molecule has 0 saturated carbocycles. The number of carbonyl (C=O) groups excluding carboxylic acids is 1. The normalized spacial score (nSPS) is 14.5. The molecule has 1 saturated heterocycles. The Morgan fingerprint density at radius 2 is 2.09 bits per heavy atom. The second-order valence-corrected chi connectivity index (χ2v) is 7.80. The Bertz CT molecular complexity index is 961. The van der Waals surface area contributed by atoms with Gasteiger partial charge in [0.05, 0.1) is 13.7 Å². The molecule has 0 spiro atoms. The van der Waals surface area contributed by atoms with Gasteiger partial charge in [0.1, 0.15) is 0 Å². The van der Waals surface area contributed by atoms with Crippen LogP contribution in [0.15, 0.2) is 47.8 Å². The highest BCUT2D eigenvalue weighted by atomic mass is 35.5. The summed E-state index contributed by atoms with van der Waals surface area (Å²) in [4.78, 5) is 21.0. The van der Waals surface area contributed by atoms with Gasteiger partial charge in [0.25, 0.3) is 0 Å². The Labute approximate surface area is 193 Å². The number of pyridine rings is 1. The van der Waals surface area contributed by atoms with Gasteiger partial charge < -0.3 is 9.64 Å². The van der Waals surface area contributed by atoms with E-state index in [-0.39, 0.29) is 5.91 Å². The molecule has 1 fully saturated rings. The largest absolute Gasteiger partial charge is 0.481 e. The van der Waals surface area contributed by atoms with Gasteiger partial charge in [-0.1, -0.05) is 22.9 Å². The van der Waals surface area contributed by atoms with Crippen LogP contribution in [0.25, 0.3) is 6.08 Å². The number of nitrogens with one attached hydrogen (secondary N) is 2. The molecule has 1 amide bonds. The first-order valence-electron chi connectivity index (χ1n) is 10.3. The molecule has 3 rings (SSSR count). The molecule has 9 nitrogen and oxygen atoms in total. The summed E-state index contributed by atoms with van der Waals surface area (Å²) < 4.78 is 5.19. The fourth-order valence-corrected chi connectivity index (χ4v) is 3.71. The zero-order valence-electron chi connectivity index (χ0n) is 18.3. The number of rotatable bonds is 9. The van der Waals surface area contributed by atoms with E-state index in [4.69, 9.17) is 21.9 Å². The molecule has 2 N–H and O–H groups in total. The van der Waals surface area contributed by atoms with Gasteiger partial charge >= 0.3 is 0 Å². The van der Waals surface area contributed by atoms with Crippen LogP contribution < -0.4 is 10.2 Å². The fourth-order valence-electron chi connectivity index (χ4n) is 3.51. The lowest BCUT2D eigenvalue weighted by molar-refractivity contribution is -0.127. The van der Waals surface area contributed by atoms with Gasteiger partial charge in [0.2, 0.25) is 11.8 Å². The molecule has 1 aliphatic rings. The molecule has 2 heterocycles. The fraction of sp³-hybridized carbons (Fsp3) is 0.364. The first-order chi connectivity index (χ1) is 15.5. The number of benzene rings is 1. The maximum atomic E-state index is 12.7. The number of carbonyl (C=O) groups is 1. The monoisotopic (exact) mass is 457 g/mol. The predicted octanol–water partition coefficient (Wildman–Crippen LogP) is 2.98. The standard InChI is InChI=1S/C22H28ClN7O2/c1-25-30(27-24)16-19-14-20(23)5-3-18(19)4-6-22(31)29-11-9-28(10-12-29)15-17-7-8-26-21(13-17)32-2/h3-8,13-14,24-25H,9-12,15-16H2,1-2H3/b6-4+,27-24?. The molecule has 170 valence electrons. The lowest BCUT2D eigenvalue weighted by Gasteiger charge is -2.34. The number of hydrogen-bond acceptors (Lipinski definition) is 7. The van der Waals surface area contributed by atoms with Crippen molar-refractivity contribution in [3.8, 4) is 5.88 Å². The van der Waals surface area contributed by atoms with Gasteiger partial charge in [-0.2, -0.15) is 5.53 Å². The SMILES string of the molecule is CNN(Cc1cc(Cl)ccc1/C=C/C(=O)N1CCN(Cc2ccnc(OC)c2)CC1)N=N. The second-order valence-electron chi connectivity index (χ2n) is 7.37. The van der Waals surface area contributed by atoms with E-state index < -0.39 is 0 Å². The minimum Gasteiger partial charge on any atom is -0.481 e. The second kappa shape index (κ2) is 11.6. The molecule has 0 radical (unpaired) electrons. The number of hydrogen-bond donors (Lipinski definition) is 2. The van der Waals surface area contributed by atoms with Crippen molar-refractivity contribution in [3.05, 3.63) is 64.3 Å². The molecule has 2 aromatic rings. The smallest absolute Gasteiger partial charge is 0.246 e. The number of methoxy groups -OCH3 is 1. The summed E-state index contributed by atoms with van der Waals surface area (Å²) in [7, 11) is 3.30. The van der Waals surface area contributed by atoms with Crippen molar-refractivity contribution in [2.75, 3.05) is 40.3 Å². The van der Waals surface area contributed by atoms with Crippen LogP contribution >= 0.6 is 11.6 Å². The van der Waals surface area contributed by atoms with Gasteiger partial charge in [-0.15, -0.1) is 0 Å². The van der Waals surface area contributed by atoms with E-state index in [1.54, 1.807) is 38.6 Å². The Morgan fingerprint density at radius 1 is 1.31 bits per heavy atom. The average molecular weight is 458 g/mol. The molecular formula is C22H28ClN7O2. The summed E-state index contributed by atoms with van der Waals surface area (Å²) in [6, 6.07) is 9.38. The zero-order valence-corrected chi connectivity index (χ0v) is 19.0. The molecular weight excluding hydrogens is 430 g/mol. The third-order valence-electron chi connectivity index (χ3n) is 5.31. The molecule has 10 heteroatoms. The first kappa shape index (κ1) is 23.6. The van der Waals surface area contributed by atoms with Crippen LogP contribution in [0.4, 0.5) is 0 Å². The van der Waals surface area contributed by atoms with Crippen LogP contribution in [0, 0.1) is 5.53 Å². The quantitative estimate of drug-likeness (QED) is 0.341. The highest BCUT2D eigenvalue weighted by Gasteiger charge is 2.20. The number of piperazine rings is 1. The van der Waals surface area contributed by atoms with Crippen LogP contribution in [0.5, 0.6) is 5.88 Å². The van der Waals surface area contributed by atoms with Crippen molar-refractivity contribution in [2.45, 2.75) is 13.1 Å². The van der Waals surface area contributed by atoms with Gasteiger partial charge in [-0.25, -0.2) is 15.5 Å². The van der Waals surface area contributed by atoms with E-state index in [1.807, 2.05) is 29.2 Å². The highest BCUT2D eigenvalue weighted by Crippen LogP contribution is 2.19. The Balaban J connectivity index is 1.57. The van der Waals surface area contributed by atoms with Crippen LogP contribution in [0.1, 0.15) is 16.7 Å².